The number of nitrogens with one attached hydrogen (secondary N) is 2. The van der Waals surface area contributed by atoms with Gasteiger partial charge in [-0.3, -0.25) is 24.8 Å². The molecule has 1 unspecified atom stereocenters. The quantitative estimate of drug-likeness (QED) is 0.781. The van der Waals surface area contributed by atoms with Crippen molar-refractivity contribution in [3.63, 3.8) is 0 Å². The van der Waals surface area contributed by atoms with E-state index in [9.17, 15) is 14.4 Å². The molecule has 0 saturated carbocycles. The van der Waals surface area contributed by atoms with Crippen LogP contribution in [0.1, 0.15) is 36.2 Å². The Labute approximate surface area is 128 Å². The minimum absolute atomic E-state index is 0.0315. The maximum Gasteiger partial charge on any atom is 0.235 e. The molecule has 2 aliphatic rings. The lowest BCUT2D eigenvalue weighted by molar-refractivity contribution is -0.131. The Bertz CT molecular complexity index is 632. The van der Waals surface area contributed by atoms with Crippen molar-refractivity contribution < 1.29 is 14.4 Å². The standard InChI is InChI=1S/C15H20N4O3/c1-9-11(10(2)18-17-9)3-4-13(21)19-6-5-15(8-19)7-12(20)16-14(15)22/h3-8H2,1-2H3,(H,17,18)(H,16,20,22). The number of hydrogen-bond acceptors (Lipinski definition) is 4. The Hall–Kier alpha value is -2.18. The van der Waals surface area contributed by atoms with Crippen LogP contribution in [0, 0.1) is 19.3 Å². The van der Waals surface area contributed by atoms with E-state index in [2.05, 4.69) is 15.5 Å². The zero-order valence-electron chi connectivity index (χ0n) is 12.9. The second-order valence-corrected chi connectivity index (χ2v) is 6.31. The van der Waals surface area contributed by atoms with E-state index >= 15 is 0 Å². The van der Waals surface area contributed by atoms with Gasteiger partial charge in [-0.1, -0.05) is 0 Å². The first-order valence-electron chi connectivity index (χ1n) is 7.54. The maximum atomic E-state index is 12.4. The van der Waals surface area contributed by atoms with Gasteiger partial charge in [-0.05, 0) is 32.3 Å². The second kappa shape index (κ2) is 5.23. The van der Waals surface area contributed by atoms with E-state index in [0.29, 0.717) is 32.4 Å². The lowest BCUT2D eigenvalue weighted by Crippen LogP contribution is -2.36. The summed E-state index contributed by atoms with van der Waals surface area (Å²) in [7, 11) is 0. The number of aromatic amines is 1. The summed E-state index contributed by atoms with van der Waals surface area (Å²) < 4.78 is 0. The summed E-state index contributed by atoms with van der Waals surface area (Å²) in [6.07, 6.45) is 1.81. The van der Waals surface area contributed by atoms with Crippen molar-refractivity contribution in [1.82, 2.24) is 20.4 Å². The Kier molecular flexibility index (Phi) is 3.50. The van der Waals surface area contributed by atoms with Crippen molar-refractivity contribution in [2.45, 2.75) is 39.5 Å². The summed E-state index contributed by atoms with van der Waals surface area (Å²) in [4.78, 5) is 37.4. The Morgan fingerprint density at radius 1 is 1.36 bits per heavy atom. The molecule has 2 N–H and O–H groups in total. The number of carbonyl (C=O) groups is 3. The zero-order chi connectivity index (χ0) is 15.9. The molecule has 3 heterocycles. The first-order chi connectivity index (χ1) is 10.4. The molecule has 2 aliphatic heterocycles. The van der Waals surface area contributed by atoms with E-state index in [1.807, 2.05) is 13.8 Å². The first kappa shape index (κ1) is 14.7. The lowest BCUT2D eigenvalue weighted by atomic mass is 9.85. The molecule has 0 aromatic carbocycles. The van der Waals surface area contributed by atoms with Gasteiger partial charge < -0.3 is 4.90 Å². The fraction of sp³-hybridized carbons (Fsp3) is 0.600. The summed E-state index contributed by atoms with van der Waals surface area (Å²) in [5.74, 6) is -0.428. The highest BCUT2D eigenvalue weighted by molar-refractivity contribution is 6.06. The molecule has 1 atom stereocenters. The summed E-state index contributed by atoms with van der Waals surface area (Å²) in [5.41, 5.74) is 2.30. The molecule has 22 heavy (non-hydrogen) atoms. The van der Waals surface area contributed by atoms with Crippen molar-refractivity contribution in [1.29, 1.82) is 0 Å². The highest BCUT2D eigenvalue weighted by Gasteiger charge is 2.51. The first-order valence-corrected chi connectivity index (χ1v) is 7.54. The van der Waals surface area contributed by atoms with Gasteiger partial charge in [-0.25, -0.2) is 0 Å². The van der Waals surface area contributed by atoms with Gasteiger partial charge in [-0.2, -0.15) is 5.10 Å². The molecule has 3 rings (SSSR count). The van der Waals surface area contributed by atoms with Gasteiger partial charge >= 0.3 is 0 Å². The number of rotatable bonds is 3. The smallest absolute Gasteiger partial charge is 0.235 e. The third kappa shape index (κ3) is 2.40. The topological polar surface area (TPSA) is 95.2 Å². The number of H-pyrrole nitrogens is 1. The molecule has 0 aliphatic carbocycles. The van der Waals surface area contributed by atoms with Gasteiger partial charge in [0.25, 0.3) is 0 Å². The largest absolute Gasteiger partial charge is 0.342 e. The van der Waals surface area contributed by atoms with Crippen LogP contribution >= 0.6 is 0 Å². The second-order valence-electron chi connectivity index (χ2n) is 6.31. The molecule has 3 amide bonds. The minimum atomic E-state index is -0.686. The normalized spacial score (nSPS) is 24.4. The molecule has 1 aromatic rings. The SMILES string of the molecule is Cc1n[nH]c(C)c1CCC(=O)N1CCC2(CC(=O)NC2=O)C1. The van der Waals surface area contributed by atoms with Crippen molar-refractivity contribution >= 4 is 17.7 Å². The maximum absolute atomic E-state index is 12.4. The zero-order valence-corrected chi connectivity index (χ0v) is 12.9. The number of amides is 3. The summed E-state index contributed by atoms with van der Waals surface area (Å²) >= 11 is 0. The van der Waals surface area contributed by atoms with Crippen LogP contribution in [-0.2, 0) is 20.8 Å². The Balaban J connectivity index is 1.60. The molecule has 1 spiro atoms. The van der Waals surface area contributed by atoms with E-state index in [1.165, 1.54) is 0 Å². The number of nitrogens with zero attached hydrogens (tertiary/aromatic N) is 2. The van der Waals surface area contributed by atoms with Gasteiger partial charge in [0.15, 0.2) is 0 Å². The van der Waals surface area contributed by atoms with Crippen molar-refractivity contribution in [3.8, 4) is 0 Å². The van der Waals surface area contributed by atoms with Gasteiger partial charge in [-0.15, -0.1) is 0 Å². The summed E-state index contributed by atoms with van der Waals surface area (Å²) in [5, 5.41) is 9.39. The number of likely N-dealkylation sites (tertiary alicyclic amines) is 1. The minimum Gasteiger partial charge on any atom is -0.342 e. The van der Waals surface area contributed by atoms with E-state index in [1.54, 1.807) is 4.90 Å². The highest BCUT2D eigenvalue weighted by Crippen LogP contribution is 2.37. The van der Waals surface area contributed by atoms with E-state index in [-0.39, 0.29) is 24.1 Å². The average molecular weight is 304 g/mol. The van der Waals surface area contributed by atoms with Crippen LogP contribution in [0.4, 0.5) is 0 Å². The van der Waals surface area contributed by atoms with Crippen LogP contribution in [0.25, 0.3) is 0 Å². The number of aromatic nitrogens is 2. The van der Waals surface area contributed by atoms with Crippen LogP contribution in [-0.4, -0.2) is 45.9 Å². The van der Waals surface area contributed by atoms with Gasteiger partial charge in [0.1, 0.15) is 0 Å². The number of aryl methyl sites for hydroxylation is 2. The molecule has 0 bridgehead atoms. The Morgan fingerprint density at radius 3 is 2.73 bits per heavy atom. The molecular formula is C15H20N4O3. The summed E-state index contributed by atoms with van der Waals surface area (Å²) in [6, 6.07) is 0. The monoisotopic (exact) mass is 304 g/mol. The average Bonchev–Trinajstić information content (AvgIpc) is 3.10. The number of imide groups is 1. The lowest BCUT2D eigenvalue weighted by Gasteiger charge is -2.20. The molecule has 2 fully saturated rings. The molecule has 0 radical (unpaired) electrons. The predicted molar refractivity (Wildman–Crippen MR) is 77.8 cm³/mol. The van der Waals surface area contributed by atoms with Crippen molar-refractivity contribution in [3.05, 3.63) is 17.0 Å². The van der Waals surface area contributed by atoms with Crippen LogP contribution < -0.4 is 5.32 Å². The molecule has 2 saturated heterocycles. The van der Waals surface area contributed by atoms with E-state index < -0.39 is 5.41 Å². The van der Waals surface area contributed by atoms with E-state index in [0.717, 1.165) is 17.0 Å². The highest BCUT2D eigenvalue weighted by atomic mass is 16.2. The fourth-order valence-corrected chi connectivity index (χ4v) is 3.44. The number of carbonyl (C=O) groups excluding carboxylic acids is 3. The van der Waals surface area contributed by atoms with Crippen molar-refractivity contribution in [2.75, 3.05) is 13.1 Å². The third-order valence-electron chi connectivity index (χ3n) is 4.81. The van der Waals surface area contributed by atoms with Crippen LogP contribution in [0.3, 0.4) is 0 Å². The predicted octanol–water partition coefficient (Wildman–Crippen LogP) is 0.224. The molecule has 118 valence electrons. The van der Waals surface area contributed by atoms with Gasteiger partial charge in [0.2, 0.25) is 17.7 Å². The van der Waals surface area contributed by atoms with Crippen LogP contribution in [0.5, 0.6) is 0 Å². The van der Waals surface area contributed by atoms with Crippen molar-refractivity contribution in [2.24, 2.45) is 5.41 Å². The molecule has 1 aromatic heterocycles. The van der Waals surface area contributed by atoms with Crippen LogP contribution in [0.15, 0.2) is 0 Å². The van der Waals surface area contributed by atoms with E-state index in [4.69, 9.17) is 0 Å². The molecular weight excluding hydrogens is 284 g/mol. The summed E-state index contributed by atoms with van der Waals surface area (Å²) in [6.45, 7) is 4.76. The van der Waals surface area contributed by atoms with Gasteiger partial charge in [0, 0.05) is 31.6 Å². The molecule has 7 heteroatoms. The fourth-order valence-electron chi connectivity index (χ4n) is 3.44. The third-order valence-corrected chi connectivity index (χ3v) is 4.81. The van der Waals surface area contributed by atoms with Gasteiger partial charge in [0.05, 0.1) is 11.1 Å². The van der Waals surface area contributed by atoms with Crippen LogP contribution in [0.2, 0.25) is 0 Å². The molecule has 7 nitrogen and oxygen atoms in total. The number of hydrogen-bond donors (Lipinski definition) is 2. The Morgan fingerprint density at radius 2 is 2.14 bits per heavy atom.